The van der Waals surface area contributed by atoms with Crippen molar-refractivity contribution >= 4 is 26.0 Å². The molecule has 0 aromatic heterocycles. The summed E-state index contributed by atoms with van der Waals surface area (Å²) in [5.41, 5.74) is 0. The zero-order chi connectivity index (χ0) is 13.2. The maximum atomic E-state index is 13.6. The first kappa shape index (κ1) is 13.9. The highest BCUT2D eigenvalue weighted by molar-refractivity contribution is 9.10. The first-order valence-electron chi connectivity index (χ1n) is 5.29. The Morgan fingerprint density at radius 1 is 1.33 bits per heavy atom. The van der Waals surface area contributed by atoms with E-state index in [0.717, 1.165) is 6.07 Å². The number of hydrogen-bond donors (Lipinski definition) is 1. The minimum atomic E-state index is -3.88. The molecule has 0 radical (unpaired) electrons. The lowest BCUT2D eigenvalue weighted by Gasteiger charge is -2.26. The number of ether oxygens (including phenoxy) is 1. The number of hydrazine groups is 1. The highest BCUT2D eigenvalue weighted by Gasteiger charge is 2.23. The summed E-state index contributed by atoms with van der Waals surface area (Å²) in [6, 6.07) is 3.83. The molecule has 1 aliphatic rings. The molecule has 1 fully saturated rings. The number of morpholine rings is 1. The molecule has 100 valence electrons. The van der Waals surface area contributed by atoms with Gasteiger partial charge in [0.25, 0.3) is 10.0 Å². The molecule has 8 heteroatoms. The number of halogens is 2. The van der Waals surface area contributed by atoms with Crippen LogP contribution < -0.4 is 4.83 Å². The second-order valence-electron chi connectivity index (χ2n) is 3.77. The Morgan fingerprint density at radius 2 is 2.00 bits per heavy atom. The summed E-state index contributed by atoms with van der Waals surface area (Å²) in [5, 5.41) is 1.50. The van der Waals surface area contributed by atoms with Crippen LogP contribution in [0.3, 0.4) is 0 Å². The summed E-state index contributed by atoms with van der Waals surface area (Å²) < 4.78 is 43.2. The normalized spacial score (nSPS) is 17.9. The van der Waals surface area contributed by atoms with Crippen LogP contribution in [0.15, 0.2) is 27.6 Å². The van der Waals surface area contributed by atoms with Crippen LogP contribution >= 0.6 is 15.9 Å². The number of nitrogens with one attached hydrogen (secondary N) is 1. The van der Waals surface area contributed by atoms with Crippen molar-refractivity contribution in [3.63, 3.8) is 0 Å². The van der Waals surface area contributed by atoms with Gasteiger partial charge in [0.05, 0.1) is 13.2 Å². The third kappa shape index (κ3) is 3.27. The molecule has 5 nitrogen and oxygen atoms in total. The number of rotatable bonds is 3. The summed E-state index contributed by atoms with van der Waals surface area (Å²) in [7, 11) is -3.88. The predicted molar refractivity (Wildman–Crippen MR) is 66.8 cm³/mol. The summed E-state index contributed by atoms with van der Waals surface area (Å²) in [6.07, 6.45) is 0. The maximum absolute atomic E-state index is 13.6. The smallest absolute Gasteiger partial charge is 0.256 e. The quantitative estimate of drug-likeness (QED) is 0.897. The molecular formula is C10H12BrFN2O3S. The Labute approximate surface area is 113 Å². The van der Waals surface area contributed by atoms with Gasteiger partial charge >= 0.3 is 0 Å². The molecule has 1 aromatic carbocycles. The summed E-state index contributed by atoms with van der Waals surface area (Å²) >= 11 is 3.08. The van der Waals surface area contributed by atoms with Crippen molar-refractivity contribution in [3.05, 3.63) is 28.5 Å². The van der Waals surface area contributed by atoms with Gasteiger partial charge in [0, 0.05) is 17.6 Å². The van der Waals surface area contributed by atoms with Crippen LogP contribution in [0, 0.1) is 5.82 Å². The van der Waals surface area contributed by atoms with E-state index in [0.29, 0.717) is 30.8 Å². The Kier molecular flexibility index (Phi) is 4.33. The Bertz CT molecular complexity index is 532. The molecule has 0 amide bonds. The Balaban J connectivity index is 2.19. The number of nitrogens with zero attached hydrogens (tertiary/aromatic N) is 1. The second-order valence-corrected chi connectivity index (χ2v) is 6.31. The van der Waals surface area contributed by atoms with E-state index in [1.165, 1.54) is 17.1 Å². The first-order chi connectivity index (χ1) is 8.49. The molecule has 1 saturated heterocycles. The van der Waals surface area contributed by atoms with E-state index in [9.17, 15) is 12.8 Å². The van der Waals surface area contributed by atoms with Gasteiger partial charge in [-0.2, -0.15) is 0 Å². The van der Waals surface area contributed by atoms with Crippen LogP contribution in [0.4, 0.5) is 4.39 Å². The standard InChI is InChI=1S/C10H12BrFN2O3S/c11-8-1-2-10(9(12)7-8)18(15,16)13-14-3-5-17-6-4-14/h1-2,7,13H,3-6H2. The first-order valence-corrected chi connectivity index (χ1v) is 7.57. The highest BCUT2D eigenvalue weighted by atomic mass is 79.9. The molecule has 1 aromatic rings. The lowest BCUT2D eigenvalue weighted by Crippen LogP contribution is -2.48. The molecule has 1 heterocycles. The predicted octanol–water partition coefficient (Wildman–Crippen LogP) is 1.11. The van der Waals surface area contributed by atoms with Gasteiger partial charge in [-0.25, -0.2) is 17.8 Å². The molecule has 1 aliphatic heterocycles. The van der Waals surface area contributed by atoms with E-state index in [2.05, 4.69) is 20.8 Å². The monoisotopic (exact) mass is 338 g/mol. The van der Waals surface area contributed by atoms with Gasteiger partial charge in [0.15, 0.2) is 0 Å². The van der Waals surface area contributed by atoms with Crippen molar-refractivity contribution in [1.82, 2.24) is 9.84 Å². The molecule has 0 atom stereocenters. The minimum absolute atomic E-state index is 0.364. The SMILES string of the molecule is O=S(=O)(NN1CCOCC1)c1ccc(Br)cc1F. The van der Waals surface area contributed by atoms with Crippen molar-refractivity contribution in [2.75, 3.05) is 26.3 Å². The fourth-order valence-corrected chi connectivity index (χ4v) is 3.08. The van der Waals surface area contributed by atoms with Gasteiger partial charge in [0.2, 0.25) is 0 Å². The molecule has 1 N–H and O–H groups in total. The maximum Gasteiger partial charge on any atom is 0.256 e. The van der Waals surface area contributed by atoms with Crippen molar-refractivity contribution in [3.8, 4) is 0 Å². The van der Waals surface area contributed by atoms with Gasteiger partial charge in [-0.15, -0.1) is 4.83 Å². The summed E-state index contributed by atoms with van der Waals surface area (Å²) in [6.45, 7) is 1.78. The lowest BCUT2D eigenvalue weighted by molar-refractivity contribution is 0.0272. The second kappa shape index (κ2) is 5.62. The van der Waals surface area contributed by atoms with Crippen LogP contribution in [0.5, 0.6) is 0 Å². The highest BCUT2D eigenvalue weighted by Crippen LogP contribution is 2.19. The molecule has 0 bridgehead atoms. The average molecular weight is 339 g/mol. The van der Waals surface area contributed by atoms with E-state index in [4.69, 9.17) is 4.74 Å². The lowest BCUT2D eigenvalue weighted by atomic mass is 10.3. The Morgan fingerprint density at radius 3 is 2.61 bits per heavy atom. The van der Waals surface area contributed by atoms with Crippen LogP contribution in [-0.2, 0) is 14.8 Å². The van der Waals surface area contributed by atoms with Crippen molar-refractivity contribution in [2.45, 2.75) is 4.90 Å². The number of benzene rings is 1. The molecule has 18 heavy (non-hydrogen) atoms. The van der Waals surface area contributed by atoms with Crippen LogP contribution in [-0.4, -0.2) is 39.7 Å². The zero-order valence-corrected chi connectivity index (χ0v) is 11.8. The van der Waals surface area contributed by atoms with Gasteiger partial charge in [0.1, 0.15) is 10.7 Å². The zero-order valence-electron chi connectivity index (χ0n) is 9.40. The number of sulfonamides is 1. The Hall–Kier alpha value is -0.540. The van der Waals surface area contributed by atoms with Crippen LogP contribution in [0.1, 0.15) is 0 Å². The van der Waals surface area contributed by atoms with E-state index in [1.54, 1.807) is 0 Å². The molecule has 0 saturated carbocycles. The molecule has 0 unspecified atom stereocenters. The van der Waals surface area contributed by atoms with Gasteiger partial charge in [-0.1, -0.05) is 15.9 Å². The molecular weight excluding hydrogens is 327 g/mol. The van der Waals surface area contributed by atoms with E-state index >= 15 is 0 Å². The molecule has 0 aliphatic carbocycles. The average Bonchev–Trinajstić information content (AvgIpc) is 2.29. The van der Waals surface area contributed by atoms with Crippen molar-refractivity contribution < 1.29 is 17.5 Å². The van der Waals surface area contributed by atoms with E-state index < -0.39 is 15.8 Å². The summed E-state index contributed by atoms with van der Waals surface area (Å²) in [4.78, 5) is 1.98. The van der Waals surface area contributed by atoms with Crippen molar-refractivity contribution in [2.24, 2.45) is 0 Å². The van der Waals surface area contributed by atoms with Gasteiger partial charge in [-0.3, -0.25) is 0 Å². The molecule has 0 spiro atoms. The van der Waals surface area contributed by atoms with E-state index in [-0.39, 0.29) is 4.90 Å². The fraction of sp³-hybridized carbons (Fsp3) is 0.400. The third-order valence-electron chi connectivity index (χ3n) is 2.44. The van der Waals surface area contributed by atoms with Gasteiger partial charge < -0.3 is 4.74 Å². The fourth-order valence-electron chi connectivity index (χ4n) is 1.57. The third-order valence-corrected chi connectivity index (χ3v) is 4.35. The minimum Gasteiger partial charge on any atom is -0.379 e. The topological polar surface area (TPSA) is 58.6 Å². The largest absolute Gasteiger partial charge is 0.379 e. The summed E-state index contributed by atoms with van der Waals surface area (Å²) in [5.74, 6) is -0.787. The van der Waals surface area contributed by atoms with Crippen LogP contribution in [0.2, 0.25) is 0 Å². The van der Waals surface area contributed by atoms with Crippen molar-refractivity contribution in [1.29, 1.82) is 0 Å². The van der Waals surface area contributed by atoms with E-state index in [1.807, 2.05) is 0 Å². The molecule has 2 rings (SSSR count). The van der Waals surface area contributed by atoms with Gasteiger partial charge in [-0.05, 0) is 18.2 Å². The number of hydrogen-bond acceptors (Lipinski definition) is 4. The van der Waals surface area contributed by atoms with Crippen LogP contribution in [0.25, 0.3) is 0 Å².